The maximum Gasteiger partial charge on any atom is 0.227 e. The molecule has 2 aliphatic rings. The number of piperidine rings is 1. The summed E-state index contributed by atoms with van der Waals surface area (Å²) >= 11 is 0. The predicted octanol–water partition coefficient (Wildman–Crippen LogP) is 2.32. The first-order chi connectivity index (χ1) is 11.1. The SMILES string of the molecule is C=CCN1C(=O)CC[C@@H]2[C@H]1CCN2C(=O)Cc1ccc(C)cc1. The first-order valence-corrected chi connectivity index (χ1v) is 8.35. The molecule has 1 aromatic rings. The van der Waals surface area contributed by atoms with Gasteiger partial charge in [-0.2, -0.15) is 0 Å². The van der Waals surface area contributed by atoms with Gasteiger partial charge in [0.2, 0.25) is 11.8 Å². The van der Waals surface area contributed by atoms with Crippen molar-refractivity contribution in [3.8, 4) is 0 Å². The van der Waals surface area contributed by atoms with Crippen molar-refractivity contribution in [2.45, 2.75) is 44.7 Å². The molecular formula is C19H24N2O2. The molecule has 2 aliphatic heterocycles. The van der Waals surface area contributed by atoms with E-state index in [9.17, 15) is 9.59 Å². The zero-order chi connectivity index (χ0) is 16.4. The second kappa shape index (κ2) is 6.57. The summed E-state index contributed by atoms with van der Waals surface area (Å²) in [5.74, 6) is 0.369. The third-order valence-electron chi connectivity index (χ3n) is 5.01. The molecule has 2 amide bonds. The summed E-state index contributed by atoms with van der Waals surface area (Å²) in [6.45, 7) is 7.13. The maximum atomic E-state index is 12.7. The first kappa shape index (κ1) is 15.8. The van der Waals surface area contributed by atoms with Crippen molar-refractivity contribution in [1.29, 1.82) is 0 Å². The molecule has 2 atom stereocenters. The fraction of sp³-hybridized carbons (Fsp3) is 0.474. The summed E-state index contributed by atoms with van der Waals surface area (Å²) in [6.07, 6.45) is 4.42. The predicted molar refractivity (Wildman–Crippen MR) is 89.9 cm³/mol. The molecule has 0 saturated carbocycles. The van der Waals surface area contributed by atoms with E-state index in [0.717, 1.165) is 24.9 Å². The standard InChI is InChI=1S/C19H24N2O2/c1-3-11-20-17-10-12-21(16(17)8-9-18(20)22)19(23)13-15-6-4-14(2)5-7-15/h3-7,16-17H,1,8-13H2,2H3/t16-,17-/m1/s1. The highest BCUT2D eigenvalue weighted by molar-refractivity contribution is 5.81. The molecule has 0 radical (unpaired) electrons. The zero-order valence-electron chi connectivity index (χ0n) is 13.7. The van der Waals surface area contributed by atoms with Gasteiger partial charge >= 0.3 is 0 Å². The second-order valence-electron chi connectivity index (χ2n) is 6.55. The summed E-state index contributed by atoms with van der Waals surface area (Å²) in [7, 11) is 0. The third kappa shape index (κ3) is 3.16. The van der Waals surface area contributed by atoms with Gasteiger partial charge in [0.05, 0.1) is 18.5 Å². The van der Waals surface area contributed by atoms with Crippen LogP contribution in [0.25, 0.3) is 0 Å². The molecule has 1 aromatic carbocycles. The lowest BCUT2D eigenvalue weighted by Gasteiger charge is -2.39. The van der Waals surface area contributed by atoms with Crippen molar-refractivity contribution in [1.82, 2.24) is 9.80 Å². The minimum atomic E-state index is 0.163. The highest BCUT2D eigenvalue weighted by Gasteiger charge is 2.44. The zero-order valence-corrected chi connectivity index (χ0v) is 13.7. The summed E-state index contributed by atoms with van der Waals surface area (Å²) in [6, 6.07) is 8.47. The number of aryl methyl sites for hydroxylation is 1. The van der Waals surface area contributed by atoms with Crippen LogP contribution < -0.4 is 0 Å². The molecular weight excluding hydrogens is 288 g/mol. The van der Waals surface area contributed by atoms with Crippen molar-refractivity contribution in [2.75, 3.05) is 13.1 Å². The normalized spacial score (nSPS) is 23.8. The Hall–Kier alpha value is -2.10. The molecule has 2 saturated heterocycles. The van der Waals surface area contributed by atoms with Crippen LogP contribution in [0.2, 0.25) is 0 Å². The Balaban J connectivity index is 1.69. The minimum Gasteiger partial charge on any atom is -0.337 e. The Labute approximate surface area is 137 Å². The van der Waals surface area contributed by atoms with Gasteiger partial charge in [-0.1, -0.05) is 35.9 Å². The number of amides is 2. The quantitative estimate of drug-likeness (QED) is 0.801. The van der Waals surface area contributed by atoms with Crippen molar-refractivity contribution in [2.24, 2.45) is 0 Å². The summed E-state index contributed by atoms with van der Waals surface area (Å²) in [5.41, 5.74) is 2.26. The number of carbonyl (C=O) groups is 2. The lowest BCUT2D eigenvalue weighted by molar-refractivity contribution is -0.141. The molecule has 4 nitrogen and oxygen atoms in total. The first-order valence-electron chi connectivity index (χ1n) is 8.35. The average Bonchev–Trinajstić information content (AvgIpc) is 2.97. The van der Waals surface area contributed by atoms with Crippen LogP contribution in [0.4, 0.5) is 0 Å². The number of hydrogen-bond acceptors (Lipinski definition) is 2. The van der Waals surface area contributed by atoms with E-state index in [1.807, 2.05) is 41.0 Å². The van der Waals surface area contributed by atoms with Crippen molar-refractivity contribution in [3.63, 3.8) is 0 Å². The average molecular weight is 312 g/mol. The second-order valence-corrected chi connectivity index (χ2v) is 6.55. The summed E-state index contributed by atoms with van der Waals surface area (Å²) < 4.78 is 0. The number of nitrogens with zero attached hydrogens (tertiary/aromatic N) is 2. The van der Waals surface area contributed by atoms with Gasteiger partial charge in [-0.25, -0.2) is 0 Å². The van der Waals surface area contributed by atoms with Crippen molar-refractivity contribution < 1.29 is 9.59 Å². The van der Waals surface area contributed by atoms with E-state index in [-0.39, 0.29) is 23.9 Å². The van der Waals surface area contributed by atoms with E-state index >= 15 is 0 Å². The molecule has 0 aromatic heterocycles. The van der Waals surface area contributed by atoms with Crippen LogP contribution in [-0.2, 0) is 16.0 Å². The van der Waals surface area contributed by atoms with E-state index in [4.69, 9.17) is 0 Å². The van der Waals surface area contributed by atoms with Crippen LogP contribution >= 0.6 is 0 Å². The molecule has 23 heavy (non-hydrogen) atoms. The van der Waals surface area contributed by atoms with Gasteiger partial charge in [0.25, 0.3) is 0 Å². The Morgan fingerprint density at radius 1 is 1.26 bits per heavy atom. The van der Waals surface area contributed by atoms with Crippen LogP contribution in [0.5, 0.6) is 0 Å². The maximum absolute atomic E-state index is 12.7. The topological polar surface area (TPSA) is 40.6 Å². The number of hydrogen-bond donors (Lipinski definition) is 0. The van der Waals surface area contributed by atoms with Crippen molar-refractivity contribution >= 4 is 11.8 Å². The molecule has 0 bridgehead atoms. The highest BCUT2D eigenvalue weighted by atomic mass is 16.2. The van der Waals surface area contributed by atoms with Gasteiger partial charge in [0.15, 0.2) is 0 Å². The lowest BCUT2D eigenvalue weighted by Crippen LogP contribution is -2.53. The summed E-state index contributed by atoms with van der Waals surface area (Å²) in [5, 5.41) is 0. The molecule has 0 N–H and O–H groups in total. The molecule has 2 fully saturated rings. The smallest absolute Gasteiger partial charge is 0.227 e. The van der Waals surface area contributed by atoms with Gasteiger partial charge in [-0.15, -0.1) is 6.58 Å². The number of carbonyl (C=O) groups excluding carboxylic acids is 2. The van der Waals surface area contributed by atoms with Crippen LogP contribution in [0.3, 0.4) is 0 Å². The lowest BCUT2D eigenvalue weighted by atomic mass is 9.96. The van der Waals surface area contributed by atoms with Gasteiger partial charge < -0.3 is 9.80 Å². The molecule has 122 valence electrons. The Morgan fingerprint density at radius 2 is 2.00 bits per heavy atom. The highest BCUT2D eigenvalue weighted by Crippen LogP contribution is 2.31. The Kier molecular flexibility index (Phi) is 4.51. The van der Waals surface area contributed by atoms with Gasteiger partial charge in [0.1, 0.15) is 0 Å². The van der Waals surface area contributed by atoms with E-state index < -0.39 is 0 Å². The number of fused-ring (bicyclic) bond motifs is 1. The van der Waals surface area contributed by atoms with Crippen LogP contribution in [-0.4, -0.2) is 46.8 Å². The monoisotopic (exact) mass is 312 g/mol. The molecule has 2 heterocycles. The van der Waals surface area contributed by atoms with E-state index in [1.54, 1.807) is 6.08 Å². The molecule has 0 unspecified atom stereocenters. The van der Waals surface area contributed by atoms with E-state index in [0.29, 0.717) is 19.4 Å². The number of rotatable bonds is 4. The fourth-order valence-electron chi connectivity index (χ4n) is 3.82. The molecule has 4 heteroatoms. The van der Waals surface area contributed by atoms with Crippen LogP contribution in [0.1, 0.15) is 30.4 Å². The number of benzene rings is 1. The minimum absolute atomic E-state index is 0.163. The Bertz CT molecular complexity index is 608. The van der Waals surface area contributed by atoms with Crippen LogP contribution in [0, 0.1) is 6.92 Å². The largest absolute Gasteiger partial charge is 0.337 e. The van der Waals surface area contributed by atoms with Crippen molar-refractivity contribution in [3.05, 3.63) is 48.0 Å². The van der Waals surface area contributed by atoms with E-state index in [2.05, 4.69) is 6.58 Å². The number of likely N-dealkylation sites (tertiary alicyclic amines) is 2. The molecule has 0 spiro atoms. The van der Waals surface area contributed by atoms with Crippen LogP contribution in [0.15, 0.2) is 36.9 Å². The van der Waals surface area contributed by atoms with Gasteiger partial charge in [-0.3, -0.25) is 9.59 Å². The van der Waals surface area contributed by atoms with Gasteiger partial charge in [-0.05, 0) is 25.3 Å². The molecule has 3 rings (SSSR count). The third-order valence-corrected chi connectivity index (χ3v) is 5.01. The summed E-state index contributed by atoms with van der Waals surface area (Å²) in [4.78, 5) is 28.7. The van der Waals surface area contributed by atoms with Gasteiger partial charge in [0, 0.05) is 19.5 Å². The molecule has 0 aliphatic carbocycles. The van der Waals surface area contributed by atoms with E-state index in [1.165, 1.54) is 5.56 Å². The fourth-order valence-corrected chi connectivity index (χ4v) is 3.82. The Morgan fingerprint density at radius 3 is 2.70 bits per heavy atom.